The zero-order chi connectivity index (χ0) is 13.7. The van der Waals surface area contributed by atoms with E-state index in [0.29, 0.717) is 6.54 Å². The van der Waals surface area contributed by atoms with E-state index in [9.17, 15) is 14.9 Å². The Kier molecular flexibility index (Phi) is 4.75. The van der Waals surface area contributed by atoms with Crippen LogP contribution in [0.5, 0.6) is 0 Å². The maximum absolute atomic E-state index is 11.9. The van der Waals surface area contributed by atoms with Crippen LogP contribution >= 0.6 is 11.8 Å². The highest BCUT2D eigenvalue weighted by Crippen LogP contribution is 2.12. The summed E-state index contributed by atoms with van der Waals surface area (Å²) in [7, 11) is 0. The second-order valence-corrected chi connectivity index (χ2v) is 5.37. The number of nitrogens with zero attached hydrogens (tertiary/aromatic N) is 1. The molecule has 1 heterocycles. The molecule has 1 amide bonds. The lowest BCUT2D eigenvalue weighted by atomic mass is 10.2. The van der Waals surface area contributed by atoms with Crippen molar-refractivity contribution in [1.29, 1.82) is 0 Å². The monoisotopic (exact) mass is 281 g/mol. The molecule has 1 aliphatic heterocycles. The molecule has 0 radical (unpaired) electrons. The first kappa shape index (κ1) is 13.8. The number of nitro benzene ring substituents is 1. The van der Waals surface area contributed by atoms with Crippen molar-refractivity contribution in [2.24, 2.45) is 0 Å². The Morgan fingerprint density at radius 3 is 2.79 bits per heavy atom. The molecule has 1 aromatic rings. The molecule has 102 valence electrons. The molecular formula is C12H15N3O3S. The van der Waals surface area contributed by atoms with Gasteiger partial charge in [0, 0.05) is 36.7 Å². The summed E-state index contributed by atoms with van der Waals surface area (Å²) in [4.78, 5) is 21.9. The van der Waals surface area contributed by atoms with Gasteiger partial charge >= 0.3 is 0 Å². The molecule has 0 spiro atoms. The summed E-state index contributed by atoms with van der Waals surface area (Å²) in [5.74, 6) is 1.80. The van der Waals surface area contributed by atoms with Gasteiger partial charge in [0.1, 0.15) is 0 Å². The van der Waals surface area contributed by atoms with Gasteiger partial charge in [0.15, 0.2) is 0 Å². The van der Waals surface area contributed by atoms with Gasteiger partial charge in [-0.25, -0.2) is 0 Å². The fourth-order valence-corrected chi connectivity index (χ4v) is 2.72. The molecule has 1 aliphatic rings. The average Bonchev–Trinajstić information content (AvgIpc) is 2.46. The minimum absolute atomic E-state index is 0.0226. The van der Waals surface area contributed by atoms with Crippen LogP contribution in [0.25, 0.3) is 0 Å². The largest absolute Gasteiger partial charge is 0.351 e. The van der Waals surface area contributed by atoms with Gasteiger partial charge in [0.2, 0.25) is 5.91 Å². The first-order chi connectivity index (χ1) is 9.16. The highest BCUT2D eigenvalue weighted by molar-refractivity contribution is 7.99. The van der Waals surface area contributed by atoms with Crippen LogP contribution in [-0.2, 0) is 11.3 Å². The highest BCUT2D eigenvalue weighted by Gasteiger charge is 2.20. The fourth-order valence-electron chi connectivity index (χ4n) is 1.78. The van der Waals surface area contributed by atoms with E-state index in [0.717, 1.165) is 23.6 Å². The molecule has 1 saturated heterocycles. The molecule has 7 heteroatoms. The molecule has 2 N–H and O–H groups in total. The summed E-state index contributed by atoms with van der Waals surface area (Å²) in [5, 5.41) is 16.5. The second-order valence-electron chi connectivity index (χ2n) is 4.22. The number of rotatable bonds is 4. The Hall–Kier alpha value is -1.60. The Balaban J connectivity index is 1.84. The molecule has 0 aliphatic carbocycles. The number of hydrogen-bond acceptors (Lipinski definition) is 5. The predicted molar refractivity (Wildman–Crippen MR) is 74.1 cm³/mol. The Labute approximate surface area is 115 Å². The van der Waals surface area contributed by atoms with E-state index in [1.165, 1.54) is 12.1 Å². The van der Waals surface area contributed by atoms with E-state index in [1.54, 1.807) is 23.9 Å². The summed E-state index contributed by atoms with van der Waals surface area (Å²) in [6.45, 7) is 1.24. The summed E-state index contributed by atoms with van der Waals surface area (Å²) in [5.41, 5.74) is 0.905. The van der Waals surface area contributed by atoms with Crippen molar-refractivity contribution in [3.63, 3.8) is 0 Å². The number of non-ortho nitro benzene ring substituents is 1. The minimum atomic E-state index is -0.439. The van der Waals surface area contributed by atoms with E-state index in [1.807, 2.05) is 0 Å². The molecule has 0 bridgehead atoms. The number of nitrogens with one attached hydrogen (secondary N) is 2. The van der Waals surface area contributed by atoms with Crippen molar-refractivity contribution in [3.05, 3.63) is 39.9 Å². The molecule has 6 nitrogen and oxygen atoms in total. The molecule has 1 unspecified atom stereocenters. The molecule has 0 saturated carbocycles. The van der Waals surface area contributed by atoms with E-state index >= 15 is 0 Å². The lowest BCUT2D eigenvalue weighted by Gasteiger charge is -2.22. The van der Waals surface area contributed by atoms with Gasteiger partial charge in [-0.05, 0) is 5.56 Å². The second kappa shape index (κ2) is 6.53. The summed E-state index contributed by atoms with van der Waals surface area (Å²) < 4.78 is 0. The zero-order valence-electron chi connectivity index (χ0n) is 10.3. The summed E-state index contributed by atoms with van der Waals surface area (Å²) in [6.07, 6.45) is 0. The standard InChI is InChI=1S/C12H15N3O3S/c16-12(11-8-19-6-5-13-11)14-7-9-1-3-10(4-2-9)15(17)18/h1-4,11,13H,5-8H2,(H,14,16). The van der Waals surface area contributed by atoms with E-state index in [4.69, 9.17) is 0 Å². The lowest BCUT2D eigenvalue weighted by molar-refractivity contribution is -0.384. The third-order valence-corrected chi connectivity index (χ3v) is 3.91. The van der Waals surface area contributed by atoms with Crippen molar-refractivity contribution in [1.82, 2.24) is 10.6 Å². The third-order valence-electron chi connectivity index (χ3n) is 2.85. The minimum Gasteiger partial charge on any atom is -0.351 e. The van der Waals surface area contributed by atoms with Crippen LogP contribution in [0.3, 0.4) is 0 Å². The zero-order valence-corrected chi connectivity index (χ0v) is 11.1. The highest BCUT2D eigenvalue weighted by atomic mass is 32.2. The first-order valence-electron chi connectivity index (χ1n) is 5.99. The SMILES string of the molecule is O=C(NCc1ccc([N+](=O)[O-])cc1)C1CSCCN1. The number of thioether (sulfide) groups is 1. The van der Waals surface area contributed by atoms with Crippen LogP contribution in [0, 0.1) is 10.1 Å². The average molecular weight is 281 g/mol. The molecule has 19 heavy (non-hydrogen) atoms. The third kappa shape index (κ3) is 3.93. The van der Waals surface area contributed by atoms with Gasteiger partial charge < -0.3 is 10.6 Å². The maximum atomic E-state index is 11.9. The maximum Gasteiger partial charge on any atom is 0.269 e. The number of carbonyl (C=O) groups excluding carboxylic acids is 1. The van der Waals surface area contributed by atoms with Gasteiger partial charge in [-0.3, -0.25) is 14.9 Å². The summed E-state index contributed by atoms with van der Waals surface area (Å²) in [6, 6.07) is 6.05. The van der Waals surface area contributed by atoms with Gasteiger partial charge in [-0.1, -0.05) is 12.1 Å². The van der Waals surface area contributed by atoms with E-state index in [2.05, 4.69) is 10.6 Å². The number of carbonyl (C=O) groups is 1. The Morgan fingerprint density at radius 1 is 1.47 bits per heavy atom. The number of amides is 1. The van der Waals surface area contributed by atoms with Crippen LogP contribution in [0.15, 0.2) is 24.3 Å². The first-order valence-corrected chi connectivity index (χ1v) is 7.14. The summed E-state index contributed by atoms with van der Waals surface area (Å²) >= 11 is 1.76. The van der Waals surface area contributed by atoms with E-state index in [-0.39, 0.29) is 17.6 Å². The molecular weight excluding hydrogens is 266 g/mol. The van der Waals surface area contributed by atoms with Crippen LogP contribution in [-0.4, -0.2) is 34.9 Å². The van der Waals surface area contributed by atoms with Crippen molar-refractivity contribution in [2.75, 3.05) is 18.1 Å². The predicted octanol–water partition coefficient (Wildman–Crippen LogP) is 0.916. The Morgan fingerprint density at radius 2 is 2.21 bits per heavy atom. The van der Waals surface area contributed by atoms with Gasteiger partial charge in [-0.15, -0.1) is 0 Å². The number of hydrogen-bond donors (Lipinski definition) is 2. The topological polar surface area (TPSA) is 84.3 Å². The van der Waals surface area contributed by atoms with Gasteiger partial charge in [0.05, 0.1) is 11.0 Å². The van der Waals surface area contributed by atoms with Crippen LogP contribution < -0.4 is 10.6 Å². The number of benzene rings is 1. The van der Waals surface area contributed by atoms with Crippen molar-refractivity contribution in [2.45, 2.75) is 12.6 Å². The molecule has 1 aromatic carbocycles. The molecule has 1 atom stereocenters. The van der Waals surface area contributed by atoms with Gasteiger partial charge in [-0.2, -0.15) is 11.8 Å². The lowest BCUT2D eigenvalue weighted by Crippen LogP contribution is -2.48. The Bertz CT molecular complexity index is 458. The van der Waals surface area contributed by atoms with Crippen LogP contribution in [0.4, 0.5) is 5.69 Å². The van der Waals surface area contributed by atoms with Crippen LogP contribution in [0.1, 0.15) is 5.56 Å². The normalized spacial score (nSPS) is 18.8. The van der Waals surface area contributed by atoms with Crippen LogP contribution in [0.2, 0.25) is 0 Å². The van der Waals surface area contributed by atoms with Gasteiger partial charge in [0.25, 0.3) is 5.69 Å². The molecule has 2 rings (SSSR count). The smallest absolute Gasteiger partial charge is 0.269 e. The fraction of sp³-hybridized carbons (Fsp3) is 0.417. The van der Waals surface area contributed by atoms with Crippen molar-refractivity contribution in [3.8, 4) is 0 Å². The number of nitro groups is 1. The molecule has 0 aromatic heterocycles. The van der Waals surface area contributed by atoms with Crippen molar-refractivity contribution >= 4 is 23.4 Å². The quantitative estimate of drug-likeness (QED) is 0.633. The van der Waals surface area contributed by atoms with Crippen molar-refractivity contribution < 1.29 is 9.72 Å². The van der Waals surface area contributed by atoms with E-state index < -0.39 is 4.92 Å². The molecule has 1 fully saturated rings.